The Morgan fingerprint density at radius 2 is 2.00 bits per heavy atom. The van der Waals surface area contributed by atoms with Gasteiger partial charge in [-0.1, -0.05) is 11.6 Å². The predicted octanol–water partition coefficient (Wildman–Crippen LogP) is 3.16. The van der Waals surface area contributed by atoms with E-state index in [9.17, 15) is 4.79 Å². The van der Waals surface area contributed by atoms with Gasteiger partial charge in [-0.15, -0.1) is 0 Å². The van der Waals surface area contributed by atoms with Crippen LogP contribution in [0.25, 0.3) is 0 Å². The van der Waals surface area contributed by atoms with Crippen molar-refractivity contribution in [3.63, 3.8) is 0 Å². The number of rotatable bonds is 4. The molecule has 0 fully saturated rings. The molecule has 1 amide bonds. The SMILES string of the molecule is COc1cc(Cl)nc(NC(=O)c2ccc(OC)c(Br)c2)n1. The summed E-state index contributed by atoms with van der Waals surface area (Å²) in [6, 6.07) is 6.39. The van der Waals surface area contributed by atoms with Gasteiger partial charge < -0.3 is 9.47 Å². The van der Waals surface area contributed by atoms with Crippen molar-refractivity contribution < 1.29 is 14.3 Å². The van der Waals surface area contributed by atoms with Crippen molar-refractivity contribution in [1.29, 1.82) is 0 Å². The average Bonchev–Trinajstić information content (AvgIpc) is 2.46. The van der Waals surface area contributed by atoms with Crippen molar-refractivity contribution in [2.75, 3.05) is 19.5 Å². The first-order chi connectivity index (χ1) is 10.0. The van der Waals surface area contributed by atoms with Crippen LogP contribution in [0.5, 0.6) is 11.6 Å². The molecule has 0 saturated carbocycles. The molecule has 2 aromatic rings. The van der Waals surface area contributed by atoms with Gasteiger partial charge in [0.05, 0.1) is 18.7 Å². The van der Waals surface area contributed by atoms with Gasteiger partial charge >= 0.3 is 0 Å². The second kappa shape index (κ2) is 6.73. The number of anilines is 1. The molecule has 0 atom stereocenters. The van der Waals surface area contributed by atoms with Gasteiger partial charge in [0.15, 0.2) is 0 Å². The first-order valence-electron chi connectivity index (χ1n) is 5.77. The van der Waals surface area contributed by atoms with Crippen molar-refractivity contribution in [3.05, 3.63) is 39.5 Å². The van der Waals surface area contributed by atoms with E-state index in [2.05, 4.69) is 31.2 Å². The molecule has 0 aliphatic carbocycles. The van der Waals surface area contributed by atoms with E-state index in [0.29, 0.717) is 15.8 Å². The van der Waals surface area contributed by atoms with E-state index < -0.39 is 0 Å². The summed E-state index contributed by atoms with van der Waals surface area (Å²) in [5, 5.41) is 2.73. The number of nitrogens with one attached hydrogen (secondary N) is 1. The van der Waals surface area contributed by atoms with Crippen LogP contribution in [-0.4, -0.2) is 30.1 Å². The van der Waals surface area contributed by atoms with Gasteiger partial charge in [0, 0.05) is 11.6 Å². The van der Waals surface area contributed by atoms with Crippen LogP contribution >= 0.6 is 27.5 Å². The van der Waals surface area contributed by atoms with Crippen LogP contribution < -0.4 is 14.8 Å². The van der Waals surface area contributed by atoms with Crippen molar-refractivity contribution in [2.24, 2.45) is 0 Å². The largest absolute Gasteiger partial charge is 0.496 e. The summed E-state index contributed by atoms with van der Waals surface area (Å²) >= 11 is 9.13. The van der Waals surface area contributed by atoms with Crippen LogP contribution in [0.1, 0.15) is 10.4 Å². The highest BCUT2D eigenvalue weighted by molar-refractivity contribution is 9.10. The van der Waals surface area contributed by atoms with E-state index in [4.69, 9.17) is 21.1 Å². The lowest BCUT2D eigenvalue weighted by atomic mass is 10.2. The van der Waals surface area contributed by atoms with E-state index in [1.165, 1.54) is 13.2 Å². The van der Waals surface area contributed by atoms with E-state index in [0.717, 1.165) is 0 Å². The van der Waals surface area contributed by atoms with Crippen molar-refractivity contribution in [1.82, 2.24) is 9.97 Å². The lowest BCUT2D eigenvalue weighted by molar-refractivity contribution is 0.102. The minimum Gasteiger partial charge on any atom is -0.496 e. The molecule has 0 unspecified atom stereocenters. The normalized spacial score (nSPS) is 10.1. The molecule has 2 rings (SSSR count). The molecular formula is C13H11BrClN3O3. The number of carbonyl (C=O) groups excluding carboxylic acids is 1. The van der Waals surface area contributed by atoms with Crippen LogP contribution in [0, 0.1) is 0 Å². The zero-order valence-electron chi connectivity index (χ0n) is 11.2. The molecule has 1 N–H and O–H groups in total. The Morgan fingerprint density at radius 3 is 2.62 bits per heavy atom. The molecule has 8 heteroatoms. The standard InChI is InChI=1S/C13H11BrClN3O3/c1-20-9-4-3-7(5-8(9)14)12(19)18-13-16-10(15)6-11(17-13)21-2/h3-6H,1-2H3,(H,16,17,18,19). The summed E-state index contributed by atoms with van der Waals surface area (Å²) in [6.45, 7) is 0. The third kappa shape index (κ3) is 3.83. The smallest absolute Gasteiger partial charge is 0.258 e. The van der Waals surface area contributed by atoms with E-state index in [1.807, 2.05) is 0 Å². The van der Waals surface area contributed by atoms with Gasteiger partial charge in [0.1, 0.15) is 10.9 Å². The quantitative estimate of drug-likeness (QED) is 0.835. The number of halogens is 2. The minimum atomic E-state index is -0.373. The molecule has 6 nitrogen and oxygen atoms in total. The maximum absolute atomic E-state index is 12.1. The van der Waals surface area contributed by atoms with Gasteiger partial charge in [0.25, 0.3) is 5.91 Å². The molecule has 0 aliphatic heterocycles. The Kier molecular flexibility index (Phi) is 4.98. The summed E-state index contributed by atoms with van der Waals surface area (Å²) in [7, 11) is 3.00. The monoisotopic (exact) mass is 371 g/mol. The molecule has 0 bridgehead atoms. The molecule has 0 saturated heterocycles. The van der Waals surface area contributed by atoms with Crippen LogP contribution in [-0.2, 0) is 0 Å². The Hall–Kier alpha value is -1.86. The van der Waals surface area contributed by atoms with Crippen LogP contribution in [0.4, 0.5) is 5.95 Å². The predicted molar refractivity (Wildman–Crippen MR) is 82.2 cm³/mol. The Morgan fingerprint density at radius 1 is 1.24 bits per heavy atom. The van der Waals surface area contributed by atoms with Crippen LogP contribution in [0.15, 0.2) is 28.7 Å². The fourth-order valence-electron chi connectivity index (χ4n) is 1.54. The Labute approximate surface area is 134 Å². The molecule has 1 aromatic carbocycles. The zero-order valence-corrected chi connectivity index (χ0v) is 13.5. The summed E-state index contributed by atoms with van der Waals surface area (Å²) in [5.74, 6) is 0.590. The van der Waals surface area contributed by atoms with Gasteiger partial charge in [-0.3, -0.25) is 10.1 Å². The second-order valence-corrected chi connectivity index (χ2v) is 5.10. The number of nitrogens with zero attached hydrogens (tertiary/aromatic N) is 2. The zero-order chi connectivity index (χ0) is 15.4. The summed E-state index contributed by atoms with van der Waals surface area (Å²) in [5.41, 5.74) is 0.421. The first kappa shape index (κ1) is 15.5. The minimum absolute atomic E-state index is 0.0660. The van der Waals surface area contributed by atoms with Gasteiger partial charge in [-0.2, -0.15) is 4.98 Å². The number of ether oxygens (including phenoxy) is 2. The van der Waals surface area contributed by atoms with Crippen molar-refractivity contribution in [2.45, 2.75) is 0 Å². The third-order valence-corrected chi connectivity index (χ3v) is 3.33. The Balaban J connectivity index is 2.21. The van der Waals surface area contributed by atoms with Gasteiger partial charge in [-0.25, -0.2) is 4.98 Å². The maximum atomic E-state index is 12.1. The highest BCUT2D eigenvalue weighted by atomic mass is 79.9. The number of amides is 1. The second-order valence-electron chi connectivity index (χ2n) is 3.86. The molecule has 0 radical (unpaired) electrons. The van der Waals surface area contributed by atoms with Crippen LogP contribution in [0.3, 0.4) is 0 Å². The van der Waals surface area contributed by atoms with Crippen molar-refractivity contribution in [3.8, 4) is 11.6 Å². The third-order valence-electron chi connectivity index (χ3n) is 2.52. The number of aromatic nitrogens is 2. The fraction of sp³-hybridized carbons (Fsp3) is 0.154. The maximum Gasteiger partial charge on any atom is 0.258 e. The van der Waals surface area contributed by atoms with Gasteiger partial charge in [-0.05, 0) is 34.1 Å². The summed E-state index contributed by atoms with van der Waals surface area (Å²) in [4.78, 5) is 20.0. The summed E-state index contributed by atoms with van der Waals surface area (Å²) < 4.78 is 10.7. The number of carbonyl (C=O) groups is 1. The molecule has 21 heavy (non-hydrogen) atoms. The lowest BCUT2D eigenvalue weighted by Gasteiger charge is -2.08. The Bertz CT molecular complexity index is 682. The number of methoxy groups -OCH3 is 2. The number of hydrogen-bond donors (Lipinski definition) is 1. The lowest BCUT2D eigenvalue weighted by Crippen LogP contribution is -2.14. The average molecular weight is 373 g/mol. The van der Waals surface area contributed by atoms with Crippen LogP contribution in [0.2, 0.25) is 5.15 Å². The highest BCUT2D eigenvalue weighted by Crippen LogP contribution is 2.26. The number of hydrogen-bond acceptors (Lipinski definition) is 5. The molecule has 1 aromatic heterocycles. The molecule has 110 valence electrons. The first-order valence-corrected chi connectivity index (χ1v) is 6.94. The molecule has 1 heterocycles. The molecule has 0 aliphatic rings. The summed E-state index contributed by atoms with van der Waals surface area (Å²) in [6.07, 6.45) is 0. The van der Waals surface area contributed by atoms with E-state index >= 15 is 0 Å². The van der Waals surface area contributed by atoms with E-state index in [-0.39, 0.29) is 22.9 Å². The molecule has 0 spiro atoms. The fourth-order valence-corrected chi connectivity index (χ4v) is 2.25. The molecular weight excluding hydrogens is 362 g/mol. The van der Waals surface area contributed by atoms with Gasteiger partial charge in [0.2, 0.25) is 11.8 Å². The topological polar surface area (TPSA) is 73.3 Å². The van der Waals surface area contributed by atoms with E-state index in [1.54, 1.807) is 25.3 Å². The number of benzene rings is 1. The highest BCUT2D eigenvalue weighted by Gasteiger charge is 2.12. The van der Waals surface area contributed by atoms with Crippen molar-refractivity contribution >= 4 is 39.4 Å².